The molecule has 0 heterocycles. The monoisotopic (exact) mass is 312 g/mol. The van der Waals surface area contributed by atoms with Crippen molar-refractivity contribution in [3.63, 3.8) is 0 Å². The molecule has 4 heteroatoms. The molecule has 1 atom stereocenters. The molecule has 0 bridgehead atoms. The molecule has 0 saturated heterocycles. The maximum Gasteiger partial charge on any atom is 0.328 e. The number of carbonyl (C=O) groups excluding carboxylic acids is 2. The lowest BCUT2D eigenvalue weighted by molar-refractivity contribution is -0.188. The van der Waals surface area contributed by atoms with Gasteiger partial charge in [-0.15, -0.1) is 0 Å². The van der Waals surface area contributed by atoms with E-state index < -0.39 is 11.6 Å². The highest BCUT2D eigenvalue weighted by Crippen LogP contribution is 2.21. The second kappa shape index (κ2) is 8.25. The zero-order valence-electron chi connectivity index (χ0n) is 13.1. The van der Waals surface area contributed by atoms with Crippen LogP contribution in [0.1, 0.15) is 18.9 Å². The zero-order chi connectivity index (χ0) is 16.5. The van der Waals surface area contributed by atoms with Crippen LogP contribution in [0.25, 0.3) is 0 Å². The van der Waals surface area contributed by atoms with Crippen molar-refractivity contribution < 1.29 is 19.1 Å². The average molecular weight is 312 g/mol. The first-order valence-electron chi connectivity index (χ1n) is 7.62. The fourth-order valence-electron chi connectivity index (χ4n) is 2.11. The van der Waals surface area contributed by atoms with Gasteiger partial charge < -0.3 is 9.47 Å². The molecule has 0 amide bonds. The van der Waals surface area contributed by atoms with Crippen LogP contribution in [0.3, 0.4) is 0 Å². The molecule has 23 heavy (non-hydrogen) atoms. The number of aldehydes is 1. The maximum absolute atomic E-state index is 12.7. The Balaban J connectivity index is 2.24. The Hall–Kier alpha value is -2.46. The molecule has 0 aromatic heterocycles. The van der Waals surface area contributed by atoms with E-state index in [0.717, 1.165) is 5.56 Å². The first-order valence-corrected chi connectivity index (χ1v) is 7.62. The quantitative estimate of drug-likeness (QED) is 0.405. The van der Waals surface area contributed by atoms with Gasteiger partial charge in [-0.25, -0.2) is 0 Å². The van der Waals surface area contributed by atoms with Crippen LogP contribution >= 0.6 is 0 Å². The molecule has 1 unspecified atom stereocenters. The summed E-state index contributed by atoms with van der Waals surface area (Å²) < 4.78 is 11.2. The van der Waals surface area contributed by atoms with Crippen LogP contribution in [0.4, 0.5) is 0 Å². The largest absolute Gasteiger partial charge is 0.449 e. The second-order valence-electron chi connectivity index (χ2n) is 5.13. The lowest BCUT2D eigenvalue weighted by Gasteiger charge is -2.27. The van der Waals surface area contributed by atoms with Crippen molar-refractivity contribution in [1.82, 2.24) is 0 Å². The minimum Gasteiger partial charge on any atom is -0.449 e. The van der Waals surface area contributed by atoms with Gasteiger partial charge in [0.25, 0.3) is 0 Å². The second-order valence-corrected chi connectivity index (χ2v) is 5.13. The molecule has 0 N–H and O–H groups in total. The third kappa shape index (κ3) is 4.50. The number of Topliss-reactive ketones (excluding diaryl/α,β-unsaturated/α-hetero) is 1. The van der Waals surface area contributed by atoms with E-state index >= 15 is 0 Å². The molecule has 0 aliphatic rings. The van der Waals surface area contributed by atoms with Crippen LogP contribution < -0.4 is 4.74 Å². The van der Waals surface area contributed by atoms with Crippen LogP contribution in [0.15, 0.2) is 60.7 Å². The standard InChI is InChI=1S/C19H20O4/c1-2-13-22-19(15-20,23-17-11-7-4-8-12-17)18(21)14-16-9-5-3-6-10-16/h3-12,15H,2,13-14H2,1H3. The lowest BCUT2D eigenvalue weighted by Crippen LogP contribution is -2.50. The van der Waals surface area contributed by atoms with Gasteiger partial charge in [0.2, 0.25) is 5.78 Å². The molecular formula is C19H20O4. The van der Waals surface area contributed by atoms with Crippen LogP contribution in [0, 0.1) is 0 Å². The van der Waals surface area contributed by atoms with E-state index in [0.29, 0.717) is 18.5 Å². The number of hydrogen-bond acceptors (Lipinski definition) is 4. The average Bonchev–Trinajstić information content (AvgIpc) is 2.60. The van der Waals surface area contributed by atoms with Crippen molar-refractivity contribution in [1.29, 1.82) is 0 Å². The molecule has 120 valence electrons. The number of hydrogen-bond donors (Lipinski definition) is 0. The first kappa shape index (κ1) is 16.9. The third-order valence-electron chi connectivity index (χ3n) is 3.28. The molecule has 2 rings (SSSR count). The predicted molar refractivity (Wildman–Crippen MR) is 87.3 cm³/mol. The Morgan fingerprint density at radius 3 is 2.22 bits per heavy atom. The van der Waals surface area contributed by atoms with Crippen LogP contribution in [0.2, 0.25) is 0 Å². The van der Waals surface area contributed by atoms with Crippen LogP contribution in [-0.4, -0.2) is 24.5 Å². The maximum atomic E-state index is 12.7. The highest BCUT2D eigenvalue weighted by molar-refractivity contribution is 6.01. The minimum absolute atomic E-state index is 0.0656. The van der Waals surface area contributed by atoms with Crippen molar-refractivity contribution >= 4 is 12.1 Å². The summed E-state index contributed by atoms with van der Waals surface area (Å²) in [5.41, 5.74) is 0.806. The molecule has 0 spiro atoms. The SMILES string of the molecule is CCCOC(C=O)(Oc1ccccc1)C(=O)Cc1ccccc1. The van der Waals surface area contributed by atoms with Gasteiger partial charge in [-0.3, -0.25) is 9.59 Å². The third-order valence-corrected chi connectivity index (χ3v) is 3.28. The normalized spacial score (nSPS) is 13.1. The number of para-hydroxylation sites is 1. The number of ether oxygens (including phenoxy) is 2. The lowest BCUT2D eigenvalue weighted by atomic mass is 10.0. The van der Waals surface area contributed by atoms with Gasteiger partial charge in [-0.05, 0) is 24.1 Å². The van der Waals surface area contributed by atoms with Gasteiger partial charge in [0.05, 0.1) is 6.61 Å². The van der Waals surface area contributed by atoms with Crippen molar-refractivity contribution in [2.75, 3.05) is 6.61 Å². The Kier molecular flexibility index (Phi) is 6.06. The number of benzene rings is 2. The summed E-state index contributed by atoms with van der Waals surface area (Å²) in [4.78, 5) is 24.4. The van der Waals surface area contributed by atoms with Gasteiger partial charge in [-0.1, -0.05) is 55.5 Å². The van der Waals surface area contributed by atoms with Crippen LogP contribution in [0.5, 0.6) is 5.75 Å². The van der Waals surface area contributed by atoms with E-state index in [1.807, 2.05) is 43.3 Å². The van der Waals surface area contributed by atoms with Crippen molar-refractivity contribution in [3.05, 3.63) is 66.2 Å². The van der Waals surface area contributed by atoms with E-state index in [1.54, 1.807) is 24.3 Å². The van der Waals surface area contributed by atoms with Crippen LogP contribution in [-0.2, 0) is 20.7 Å². The number of ketones is 1. The van der Waals surface area contributed by atoms with Gasteiger partial charge in [0.1, 0.15) is 5.75 Å². The summed E-state index contributed by atoms with van der Waals surface area (Å²) in [6, 6.07) is 18.0. The van der Waals surface area contributed by atoms with E-state index in [2.05, 4.69) is 0 Å². The van der Waals surface area contributed by atoms with E-state index in [4.69, 9.17) is 9.47 Å². The fraction of sp³-hybridized carbons (Fsp3) is 0.263. The molecular weight excluding hydrogens is 292 g/mol. The molecule has 0 aliphatic heterocycles. The van der Waals surface area contributed by atoms with Gasteiger partial charge in [0.15, 0.2) is 6.29 Å². The number of carbonyl (C=O) groups is 2. The highest BCUT2D eigenvalue weighted by atomic mass is 16.7. The Bertz CT molecular complexity index is 624. The van der Waals surface area contributed by atoms with Crippen molar-refractivity contribution in [2.45, 2.75) is 25.6 Å². The fourth-order valence-corrected chi connectivity index (χ4v) is 2.11. The molecule has 0 radical (unpaired) electrons. The zero-order valence-corrected chi connectivity index (χ0v) is 13.1. The molecule has 2 aromatic carbocycles. The van der Waals surface area contributed by atoms with Crippen molar-refractivity contribution in [2.24, 2.45) is 0 Å². The molecule has 0 fully saturated rings. The topological polar surface area (TPSA) is 52.6 Å². The van der Waals surface area contributed by atoms with Gasteiger partial charge in [0, 0.05) is 6.42 Å². The molecule has 2 aromatic rings. The smallest absolute Gasteiger partial charge is 0.328 e. The van der Waals surface area contributed by atoms with Gasteiger partial charge in [-0.2, -0.15) is 0 Å². The Labute approximate surface area is 136 Å². The summed E-state index contributed by atoms with van der Waals surface area (Å²) in [6.45, 7) is 2.16. The van der Waals surface area contributed by atoms with E-state index in [-0.39, 0.29) is 13.0 Å². The van der Waals surface area contributed by atoms with E-state index in [1.165, 1.54) is 0 Å². The van der Waals surface area contributed by atoms with Crippen molar-refractivity contribution in [3.8, 4) is 5.75 Å². The number of rotatable bonds is 9. The minimum atomic E-state index is -1.91. The molecule has 4 nitrogen and oxygen atoms in total. The predicted octanol–water partition coefficient (Wildman–Crippen LogP) is 3.20. The van der Waals surface area contributed by atoms with Gasteiger partial charge >= 0.3 is 5.79 Å². The van der Waals surface area contributed by atoms with E-state index in [9.17, 15) is 9.59 Å². The summed E-state index contributed by atoms with van der Waals surface area (Å²) in [6.07, 6.45) is 1.18. The Morgan fingerprint density at radius 1 is 1.04 bits per heavy atom. The summed E-state index contributed by atoms with van der Waals surface area (Å²) in [5, 5.41) is 0. The molecule has 0 saturated carbocycles. The highest BCUT2D eigenvalue weighted by Gasteiger charge is 2.42. The molecule has 0 aliphatic carbocycles. The summed E-state index contributed by atoms with van der Waals surface area (Å²) >= 11 is 0. The first-order chi connectivity index (χ1) is 11.2. The summed E-state index contributed by atoms with van der Waals surface area (Å²) in [7, 11) is 0. The summed E-state index contributed by atoms with van der Waals surface area (Å²) in [5.74, 6) is -1.92. The Morgan fingerprint density at radius 2 is 1.65 bits per heavy atom.